The van der Waals surface area contributed by atoms with Crippen LogP contribution in [0.15, 0.2) is 17.0 Å². The minimum absolute atomic E-state index is 0.0959. The Morgan fingerprint density at radius 2 is 2.12 bits per heavy atom. The van der Waals surface area contributed by atoms with E-state index in [0.29, 0.717) is 21.8 Å². The van der Waals surface area contributed by atoms with Gasteiger partial charge in [0.1, 0.15) is 5.75 Å². The maximum Gasteiger partial charge on any atom is 0.422 e. The lowest BCUT2D eigenvalue weighted by atomic mass is 10.1. The van der Waals surface area contributed by atoms with Gasteiger partial charge in [0.15, 0.2) is 6.61 Å². The van der Waals surface area contributed by atoms with Crippen molar-refractivity contribution in [2.75, 3.05) is 17.7 Å². The summed E-state index contributed by atoms with van der Waals surface area (Å²) in [5.74, 6) is 0.405. The number of anilines is 1. The van der Waals surface area contributed by atoms with E-state index in [2.05, 4.69) is 20.8 Å². The van der Waals surface area contributed by atoms with E-state index in [0.717, 1.165) is 0 Å². The maximum atomic E-state index is 12.4. The van der Waals surface area contributed by atoms with Crippen LogP contribution in [0.5, 0.6) is 5.75 Å². The summed E-state index contributed by atoms with van der Waals surface area (Å²) in [6.07, 6.45) is -4.43. The summed E-state index contributed by atoms with van der Waals surface area (Å²) in [6.45, 7) is 2.12. The molecule has 0 bridgehead atoms. The molecule has 0 unspecified atom stereocenters. The third kappa shape index (κ3) is 4.84. The van der Waals surface area contributed by atoms with Gasteiger partial charge >= 0.3 is 6.18 Å². The minimum Gasteiger partial charge on any atom is -0.483 e. The van der Waals surface area contributed by atoms with Crippen LogP contribution in [-0.2, 0) is 7.05 Å². The molecular formula is C14H16F3N5O2S. The first-order valence-electron chi connectivity index (χ1n) is 7.22. The molecule has 0 spiro atoms. The van der Waals surface area contributed by atoms with Crippen molar-refractivity contribution < 1.29 is 22.7 Å². The molecule has 0 fully saturated rings. The molecule has 1 aromatic carbocycles. The second kappa shape index (κ2) is 7.72. The molecular weight excluding hydrogens is 359 g/mol. The zero-order valence-electron chi connectivity index (χ0n) is 13.7. The van der Waals surface area contributed by atoms with Crippen LogP contribution in [0.25, 0.3) is 0 Å². The molecule has 11 heteroatoms. The number of tetrazole rings is 1. The van der Waals surface area contributed by atoms with Gasteiger partial charge in [-0.1, -0.05) is 12.0 Å². The van der Waals surface area contributed by atoms with Crippen LogP contribution in [0.1, 0.15) is 22.8 Å². The van der Waals surface area contributed by atoms with E-state index in [-0.39, 0.29) is 11.7 Å². The van der Waals surface area contributed by atoms with E-state index in [1.54, 1.807) is 14.0 Å². The quantitative estimate of drug-likeness (QED) is 0.782. The number of hydrogen-bond acceptors (Lipinski definition) is 6. The Morgan fingerprint density at radius 1 is 1.40 bits per heavy atom. The Labute approximate surface area is 145 Å². The molecule has 1 heterocycles. The minimum atomic E-state index is -4.43. The van der Waals surface area contributed by atoms with Gasteiger partial charge in [0.25, 0.3) is 5.91 Å². The second-order valence-corrected chi connectivity index (χ2v) is 6.26. The fourth-order valence-corrected chi connectivity index (χ4v) is 2.90. The average molecular weight is 375 g/mol. The predicted octanol–water partition coefficient (Wildman–Crippen LogP) is 2.82. The Morgan fingerprint density at radius 3 is 2.68 bits per heavy atom. The van der Waals surface area contributed by atoms with Crippen LogP contribution in [0.3, 0.4) is 0 Å². The normalized spacial score (nSPS) is 11.4. The van der Waals surface area contributed by atoms with E-state index >= 15 is 0 Å². The number of aryl methyl sites for hydroxylation is 1. The molecule has 1 N–H and O–H groups in total. The number of amides is 1. The summed E-state index contributed by atoms with van der Waals surface area (Å²) in [5, 5.41) is 13.2. The van der Waals surface area contributed by atoms with Crippen molar-refractivity contribution in [2.45, 2.75) is 24.9 Å². The number of benzene rings is 1. The lowest BCUT2D eigenvalue weighted by Crippen LogP contribution is -2.20. The molecule has 0 saturated carbocycles. The Balaban J connectivity index is 2.29. The van der Waals surface area contributed by atoms with Gasteiger partial charge in [-0.05, 0) is 40.8 Å². The average Bonchev–Trinajstić information content (AvgIpc) is 2.92. The van der Waals surface area contributed by atoms with Crippen molar-refractivity contribution >= 4 is 23.6 Å². The molecule has 1 amide bonds. The summed E-state index contributed by atoms with van der Waals surface area (Å²) in [4.78, 5) is 12.9. The van der Waals surface area contributed by atoms with Crippen LogP contribution in [0, 0.1) is 6.92 Å². The monoisotopic (exact) mass is 375 g/mol. The fraction of sp³-hybridized carbons (Fsp3) is 0.429. The van der Waals surface area contributed by atoms with Crippen molar-refractivity contribution in [2.24, 2.45) is 7.05 Å². The number of thioether (sulfide) groups is 1. The topological polar surface area (TPSA) is 81.9 Å². The van der Waals surface area contributed by atoms with E-state index in [1.807, 2.05) is 6.92 Å². The van der Waals surface area contributed by atoms with Gasteiger partial charge in [-0.2, -0.15) is 13.2 Å². The highest BCUT2D eigenvalue weighted by atomic mass is 32.2. The Kier molecular flexibility index (Phi) is 5.88. The van der Waals surface area contributed by atoms with Gasteiger partial charge in [0.05, 0.1) is 4.90 Å². The molecule has 0 saturated heterocycles. The number of carbonyl (C=O) groups is 1. The molecule has 0 aliphatic rings. The van der Waals surface area contributed by atoms with Gasteiger partial charge in [-0.15, -0.1) is 11.8 Å². The van der Waals surface area contributed by atoms with E-state index < -0.39 is 18.7 Å². The molecule has 0 aliphatic heterocycles. The second-order valence-electron chi connectivity index (χ2n) is 4.98. The summed E-state index contributed by atoms with van der Waals surface area (Å²) >= 11 is 1.30. The fourth-order valence-electron chi connectivity index (χ4n) is 2.01. The maximum absolute atomic E-state index is 12.4. The van der Waals surface area contributed by atoms with Crippen molar-refractivity contribution in [3.8, 4) is 5.75 Å². The third-order valence-corrected chi connectivity index (χ3v) is 4.22. The van der Waals surface area contributed by atoms with Gasteiger partial charge < -0.3 is 4.74 Å². The van der Waals surface area contributed by atoms with Gasteiger partial charge in [-0.25, -0.2) is 4.68 Å². The lowest BCUT2D eigenvalue weighted by molar-refractivity contribution is -0.153. The van der Waals surface area contributed by atoms with Crippen molar-refractivity contribution in [1.29, 1.82) is 0 Å². The highest BCUT2D eigenvalue weighted by molar-refractivity contribution is 7.99. The molecule has 1 aromatic heterocycles. The highest BCUT2D eigenvalue weighted by Gasteiger charge is 2.29. The number of nitrogens with zero attached hydrogens (tertiary/aromatic N) is 4. The molecule has 7 nitrogen and oxygen atoms in total. The number of rotatable bonds is 6. The number of nitrogens with one attached hydrogen (secondary N) is 1. The molecule has 136 valence electrons. The summed E-state index contributed by atoms with van der Waals surface area (Å²) in [6, 6.07) is 2.78. The zero-order valence-corrected chi connectivity index (χ0v) is 14.5. The largest absolute Gasteiger partial charge is 0.483 e. The van der Waals surface area contributed by atoms with Crippen LogP contribution < -0.4 is 10.1 Å². The molecule has 0 radical (unpaired) electrons. The third-order valence-electron chi connectivity index (χ3n) is 3.14. The zero-order chi connectivity index (χ0) is 18.6. The molecule has 25 heavy (non-hydrogen) atoms. The van der Waals surface area contributed by atoms with Crippen molar-refractivity contribution in [1.82, 2.24) is 20.2 Å². The summed E-state index contributed by atoms with van der Waals surface area (Å²) < 4.78 is 43.4. The van der Waals surface area contributed by atoms with Gasteiger partial charge in [-0.3, -0.25) is 10.1 Å². The van der Waals surface area contributed by atoms with Gasteiger partial charge in [0, 0.05) is 12.6 Å². The van der Waals surface area contributed by atoms with Crippen molar-refractivity contribution in [3.05, 3.63) is 23.3 Å². The first-order chi connectivity index (χ1) is 11.7. The first kappa shape index (κ1) is 19.0. The lowest BCUT2D eigenvalue weighted by Gasteiger charge is -2.16. The van der Waals surface area contributed by atoms with Crippen LogP contribution in [0.2, 0.25) is 0 Å². The number of aromatic nitrogens is 4. The molecule has 0 aliphatic carbocycles. The van der Waals surface area contributed by atoms with Gasteiger partial charge in [0.2, 0.25) is 5.95 Å². The predicted molar refractivity (Wildman–Crippen MR) is 85.9 cm³/mol. The number of alkyl halides is 3. The van der Waals surface area contributed by atoms with Crippen LogP contribution in [0.4, 0.5) is 19.1 Å². The summed E-state index contributed by atoms with van der Waals surface area (Å²) in [7, 11) is 1.56. The number of halogens is 3. The van der Waals surface area contributed by atoms with E-state index in [9.17, 15) is 18.0 Å². The Bertz CT molecular complexity index is 763. The smallest absolute Gasteiger partial charge is 0.422 e. The summed E-state index contributed by atoms with van der Waals surface area (Å²) in [5.41, 5.74) is 0.831. The number of ether oxygens (including phenoxy) is 1. The standard InChI is InChI=1S/C14H16F3N5O2S/c1-4-25-11-8(2)9(5-6-10(11)24-7-14(15,16)17)12(23)18-13-19-20-21-22(13)3/h5-6H,4,7H2,1-3H3,(H,18,19,21,23). The SMILES string of the molecule is CCSc1c(OCC(F)(F)F)ccc(C(=O)Nc2nnnn2C)c1C. The first-order valence-corrected chi connectivity index (χ1v) is 8.21. The number of carbonyl (C=O) groups excluding carboxylic acids is 1. The highest BCUT2D eigenvalue weighted by Crippen LogP contribution is 2.35. The van der Waals surface area contributed by atoms with Crippen LogP contribution >= 0.6 is 11.8 Å². The molecule has 2 aromatic rings. The number of hydrogen-bond donors (Lipinski definition) is 1. The van der Waals surface area contributed by atoms with Crippen molar-refractivity contribution in [3.63, 3.8) is 0 Å². The molecule has 0 atom stereocenters. The Hall–Kier alpha value is -2.30. The van der Waals surface area contributed by atoms with E-state index in [1.165, 1.54) is 28.6 Å². The molecule has 2 rings (SSSR count). The van der Waals surface area contributed by atoms with E-state index in [4.69, 9.17) is 4.74 Å². The van der Waals surface area contributed by atoms with Crippen LogP contribution in [-0.4, -0.2) is 44.7 Å².